The third-order valence-electron chi connectivity index (χ3n) is 4.74. The van der Waals surface area contributed by atoms with Crippen molar-refractivity contribution in [2.24, 2.45) is 0 Å². The number of rotatable bonds is 6. The summed E-state index contributed by atoms with van der Waals surface area (Å²) >= 11 is 0. The zero-order valence-corrected chi connectivity index (χ0v) is 16.2. The zero-order valence-electron chi connectivity index (χ0n) is 15.4. The van der Waals surface area contributed by atoms with Gasteiger partial charge in [0.2, 0.25) is 10.0 Å². The van der Waals surface area contributed by atoms with Gasteiger partial charge in [-0.05, 0) is 51.3 Å². The Hall–Kier alpha value is -1.60. The number of methoxy groups -OCH3 is 1. The van der Waals surface area contributed by atoms with Gasteiger partial charge in [0.1, 0.15) is 10.6 Å². The molecule has 0 saturated carbocycles. The van der Waals surface area contributed by atoms with E-state index >= 15 is 0 Å². The molecule has 0 bridgehead atoms. The Morgan fingerprint density at radius 1 is 1.40 bits per heavy atom. The highest BCUT2D eigenvalue weighted by Gasteiger charge is 2.33. The highest BCUT2D eigenvalue weighted by molar-refractivity contribution is 7.89. The first-order valence-electron chi connectivity index (χ1n) is 8.82. The summed E-state index contributed by atoms with van der Waals surface area (Å²) in [5.74, 6) is -0.0157. The maximum absolute atomic E-state index is 13.1. The van der Waals surface area contributed by atoms with Crippen molar-refractivity contribution in [2.75, 3.05) is 13.7 Å². The lowest BCUT2D eigenvalue weighted by molar-refractivity contribution is 0.0939. The molecule has 6 nitrogen and oxygen atoms in total. The zero-order chi connectivity index (χ0) is 18.6. The molecule has 1 heterocycles. The van der Waals surface area contributed by atoms with Crippen molar-refractivity contribution >= 4 is 15.9 Å². The van der Waals surface area contributed by atoms with E-state index in [1.165, 1.54) is 17.5 Å². The number of ether oxygens (including phenoxy) is 1. The van der Waals surface area contributed by atoms with Crippen molar-refractivity contribution in [1.82, 2.24) is 9.62 Å². The van der Waals surface area contributed by atoms with Crippen LogP contribution < -0.4 is 10.1 Å². The highest BCUT2D eigenvalue weighted by Crippen LogP contribution is 2.31. The van der Waals surface area contributed by atoms with Crippen LogP contribution in [0.1, 0.15) is 56.8 Å². The molecule has 25 heavy (non-hydrogen) atoms. The van der Waals surface area contributed by atoms with E-state index in [-0.39, 0.29) is 28.6 Å². The summed E-state index contributed by atoms with van der Waals surface area (Å²) in [6, 6.07) is 4.54. The Balaban J connectivity index is 2.41. The second-order valence-electron chi connectivity index (χ2n) is 6.61. The van der Waals surface area contributed by atoms with Gasteiger partial charge in [0.15, 0.2) is 0 Å². The minimum Gasteiger partial charge on any atom is -0.495 e. The molecule has 1 N–H and O–H groups in total. The normalized spacial score (nSPS) is 20.1. The van der Waals surface area contributed by atoms with E-state index in [2.05, 4.69) is 5.32 Å². The minimum atomic E-state index is -3.72. The Morgan fingerprint density at radius 3 is 2.72 bits per heavy atom. The van der Waals surface area contributed by atoms with Crippen LogP contribution in [0.2, 0.25) is 0 Å². The molecular formula is C18H28N2O4S. The summed E-state index contributed by atoms with van der Waals surface area (Å²) in [6.45, 7) is 6.31. The van der Waals surface area contributed by atoms with E-state index in [0.717, 1.165) is 25.7 Å². The van der Waals surface area contributed by atoms with E-state index in [4.69, 9.17) is 4.74 Å². The molecule has 1 aromatic carbocycles. The van der Waals surface area contributed by atoms with E-state index in [1.807, 2.05) is 20.8 Å². The van der Waals surface area contributed by atoms with Crippen molar-refractivity contribution in [3.05, 3.63) is 23.8 Å². The molecule has 2 rings (SSSR count). The fourth-order valence-electron chi connectivity index (χ4n) is 2.98. The van der Waals surface area contributed by atoms with Gasteiger partial charge in [0, 0.05) is 24.2 Å². The number of amides is 1. The average Bonchev–Trinajstić information content (AvgIpc) is 2.61. The van der Waals surface area contributed by atoms with Crippen molar-refractivity contribution < 1.29 is 17.9 Å². The average molecular weight is 368 g/mol. The van der Waals surface area contributed by atoms with Crippen LogP contribution in [0.15, 0.2) is 23.1 Å². The summed E-state index contributed by atoms with van der Waals surface area (Å²) in [5, 5.41) is 2.86. The number of hydrogen-bond acceptors (Lipinski definition) is 4. The molecule has 1 fully saturated rings. The second kappa shape index (κ2) is 8.19. The minimum absolute atomic E-state index is 0.0248. The number of nitrogens with one attached hydrogen (secondary N) is 1. The molecule has 1 aromatic rings. The molecule has 7 heteroatoms. The number of hydrogen-bond donors (Lipinski definition) is 1. The third-order valence-corrected chi connectivity index (χ3v) is 6.78. The van der Waals surface area contributed by atoms with Crippen LogP contribution in [0.4, 0.5) is 0 Å². The Bertz CT molecular complexity index is 718. The fraction of sp³-hybridized carbons (Fsp3) is 0.611. The lowest BCUT2D eigenvalue weighted by atomic mass is 10.1. The van der Waals surface area contributed by atoms with Gasteiger partial charge in [-0.15, -0.1) is 0 Å². The van der Waals surface area contributed by atoms with E-state index in [1.54, 1.807) is 12.1 Å². The molecule has 1 aliphatic heterocycles. The molecule has 0 spiro atoms. The topological polar surface area (TPSA) is 75.7 Å². The standard InChI is InChI=1S/C18H28N2O4S/c1-5-13(2)19-18(21)15-9-10-16(24-4)17(12-15)25(22,23)20-11-7-6-8-14(20)3/h9-10,12-14H,5-8,11H2,1-4H3,(H,19,21). The van der Waals surface area contributed by atoms with Crippen LogP contribution in [0.5, 0.6) is 5.75 Å². The third kappa shape index (κ3) is 4.33. The molecule has 1 amide bonds. The summed E-state index contributed by atoms with van der Waals surface area (Å²) in [6.07, 6.45) is 3.52. The fourth-order valence-corrected chi connectivity index (χ4v) is 4.87. The van der Waals surface area contributed by atoms with Crippen LogP contribution in [0, 0.1) is 0 Å². The second-order valence-corrected chi connectivity index (χ2v) is 8.47. The van der Waals surface area contributed by atoms with Crippen molar-refractivity contribution in [3.63, 3.8) is 0 Å². The van der Waals surface area contributed by atoms with E-state index in [9.17, 15) is 13.2 Å². The van der Waals surface area contributed by atoms with Gasteiger partial charge < -0.3 is 10.1 Å². The van der Waals surface area contributed by atoms with Crippen molar-refractivity contribution in [2.45, 2.75) is 63.4 Å². The monoisotopic (exact) mass is 368 g/mol. The van der Waals surface area contributed by atoms with Gasteiger partial charge in [0.05, 0.1) is 7.11 Å². The Kier molecular flexibility index (Phi) is 6.46. The number of carbonyl (C=O) groups excluding carboxylic acids is 1. The summed E-state index contributed by atoms with van der Waals surface area (Å²) in [5.41, 5.74) is 0.323. The predicted molar refractivity (Wildman–Crippen MR) is 97.4 cm³/mol. The van der Waals surface area contributed by atoms with Crippen LogP contribution in [0.3, 0.4) is 0 Å². The van der Waals surface area contributed by atoms with Crippen molar-refractivity contribution in [1.29, 1.82) is 0 Å². The summed E-state index contributed by atoms with van der Waals surface area (Å²) < 4.78 is 33.1. The molecule has 0 aromatic heterocycles. The molecule has 0 radical (unpaired) electrons. The van der Waals surface area contributed by atoms with Gasteiger partial charge in [-0.2, -0.15) is 4.31 Å². The van der Waals surface area contributed by atoms with Crippen molar-refractivity contribution in [3.8, 4) is 5.75 Å². The van der Waals surface area contributed by atoms with Crippen LogP contribution in [-0.4, -0.2) is 44.4 Å². The predicted octanol–water partition coefficient (Wildman–Crippen LogP) is 2.79. The number of sulfonamides is 1. The quantitative estimate of drug-likeness (QED) is 0.838. The molecular weight excluding hydrogens is 340 g/mol. The highest BCUT2D eigenvalue weighted by atomic mass is 32.2. The molecule has 1 saturated heterocycles. The summed E-state index contributed by atoms with van der Waals surface area (Å²) in [7, 11) is -2.28. The smallest absolute Gasteiger partial charge is 0.251 e. The number of benzene rings is 1. The lowest BCUT2D eigenvalue weighted by Gasteiger charge is -2.32. The molecule has 140 valence electrons. The largest absolute Gasteiger partial charge is 0.495 e. The van der Waals surface area contributed by atoms with Crippen LogP contribution in [0.25, 0.3) is 0 Å². The summed E-state index contributed by atoms with van der Waals surface area (Å²) in [4.78, 5) is 12.4. The lowest BCUT2D eigenvalue weighted by Crippen LogP contribution is -2.42. The van der Waals surface area contributed by atoms with E-state index < -0.39 is 10.0 Å². The molecule has 2 unspecified atom stereocenters. The van der Waals surface area contributed by atoms with Crippen LogP contribution >= 0.6 is 0 Å². The maximum atomic E-state index is 13.1. The number of nitrogens with zero attached hydrogens (tertiary/aromatic N) is 1. The van der Waals surface area contributed by atoms with Gasteiger partial charge in [0.25, 0.3) is 5.91 Å². The maximum Gasteiger partial charge on any atom is 0.251 e. The first-order valence-corrected chi connectivity index (χ1v) is 10.3. The Labute approximate surface area is 150 Å². The first-order chi connectivity index (χ1) is 11.8. The SMILES string of the molecule is CCC(C)NC(=O)c1ccc(OC)c(S(=O)(=O)N2CCCCC2C)c1. The molecule has 1 aliphatic rings. The van der Waals surface area contributed by atoms with Gasteiger partial charge >= 0.3 is 0 Å². The molecule has 0 aliphatic carbocycles. The molecule has 2 atom stereocenters. The van der Waals surface area contributed by atoms with Crippen LogP contribution in [-0.2, 0) is 10.0 Å². The number of piperidine rings is 1. The Morgan fingerprint density at radius 2 is 2.12 bits per heavy atom. The van der Waals surface area contributed by atoms with E-state index in [0.29, 0.717) is 12.1 Å². The van der Waals surface area contributed by atoms with Gasteiger partial charge in [-0.1, -0.05) is 13.3 Å². The first kappa shape index (κ1) is 19.7. The number of carbonyl (C=O) groups is 1. The van der Waals surface area contributed by atoms with Gasteiger partial charge in [-0.3, -0.25) is 4.79 Å². The van der Waals surface area contributed by atoms with Gasteiger partial charge in [-0.25, -0.2) is 8.42 Å².